The van der Waals surface area contributed by atoms with Gasteiger partial charge in [0, 0.05) is 21.9 Å². The molecule has 1 aromatic heterocycles. The van der Waals surface area contributed by atoms with Crippen molar-refractivity contribution in [3.05, 3.63) is 53.3 Å². The summed E-state index contributed by atoms with van der Waals surface area (Å²) in [5.74, 6) is 0.626. The first-order valence-electron chi connectivity index (χ1n) is 6.35. The van der Waals surface area contributed by atoms with Gasteiger partial charge in [0.15, 0.2) is 0 Å². The highest BCUT2D eigenvalue weighted by Gasteiger charge is 2.05. The number of carboxylic acids is 1. The lowest BCUT2D eigenvalue weighted by atomic mass is 10.3. The molecule has 0 fully saturated rings. The maximum absolute atomic E-state index is 10.8. The Balaban J connectivity index is 1.71. The molecule has 4 nitrogen and oxygen atoms in total. The van der Waals surface area contributed by atoms with Gasteiger partial charge in [0.05, 0.1) is 6.61 Å². The summed E-state index contributed by atoms with van der Waals surface area (Å²) in [6, 6.07) is 10.6. The van der Waals surface area contributed by atoms with Gasteiger partial charge in [0.1, 0.15) is 11.4 Å². The average Bonchev–Trinajstić information content (AvgIpc) is 2.49. The molecule has 0 bridgehead atoms. The number of pyridine rings is 1. The van der Waals surface area contributed by atoms with E-state index in [1.807, 2.05) is 12.1 Å². The van der Waals surface area contributed by atoms with Crippen LogP contribution in [0.5, 0.6) is 5.75 Å². The second-order valence-electron chi connectivity index (χ2n) is 4.19. The van der Waals surface area contributed by atoms with E-state index in [0.717, 1.165) is 22.8 Å². The van der Waals surface area contributed by atoms with E-state index in [1.165, 1.54) is 6.20 Å². The third-order valence-electron chi connectivity index (χ3n) is 2.59. The van der Waals surface area contributed by atoms with Crippen LogP contribution >= 0.6 is 23.4 Å². The zero-order chi connectivity index (χ0) is 15.1. The van der Waals surface area contributed by atoms with Crippen LogP contribution in [0.2, 0.25) is 5.02 Å². The number of hydrogen-bond donors (Lipinski definition) is 1. The third kappa shape index (κ3) is 5.28. The molecule has 1 aromatic carbocycles. The van der Waals surface area contributed by atoms with E-state index in [1.54, 1.807) is 36.0 Å². The van der Waals surface area contributed by atoms with Gasteiger partial charge in [-0.2, -0.15) is 0 Å². The van der Waals surface area contributed by atoms with Gasteiger partial charge < -0.3 is 9.84 Å². The van der Waals surface area contributed by atoms with Crippen LogP contribution in [-0.2, 0) is 0 Å². The van der Waals surface area contributed by atoms with Crippen molar-refractivity contribution in [1.82, 2.24) is 4.98 Å². The van der Waals surface area contributed by atoms with Gasteiger partial charge in [0.2, 0.25) is 0 Å². The molecular formula is C15H14ClNO3S. The van der Waals surface area contributed by atoms with E-state index in [2.05, 4.69) is 4.98 Å². The number of rotatable bonds is 7. The normalized spacial score (nSPS) is 10.3. The van der Waals surface area contributed by atoms with Crippen molar-refractivity contribution in [1.29, 1.82) is 0 Å². The number of benzene rings is 1. The van der Waals surface area contributed by atoms with Crippen LogP contribution in [-0.4, -0.2) is 28.4 Å². The molecule has 0 saturated carbocycles. The number of hydrogen-bond acceptors (Lipinski definition) is 4. The molecule has 2 aromatic rings. The topological polar surface area (TPSA) is 59.4 Å². The second-order valence-corrected chi connectivity index (χ2v) is 5.79. The minimum atomic E-state index is -1.01. The van der Waals surface area contributed by atoms with Gasteiger partial charge >= 0.3 is 5.97 Å². The highest BCUT2D eigenvalue weighted by atomic mass is 35.5. The maximum Gasteiger partial charge on any atom is 0.354 e. The molecule has 21 heavy (non-hydrogen) atoms. The minimum Gasteiger partial charge on any atom is -0.494 e. The summed E-state index contributed by atoms with van der Waals surface area (Å²) in [5, 5.41) is 9.55. The maximum atomic E-state index is 10.8. The lowest BCUT2D eigenvalue weighted by Gasteiger charge is -2.06. The molecule has 0 aliphatic carbocycles. The Hall–Kier alpha value is -1.72. The molecule has 0 spiro atoms. The molecule has 0 aliphatic heterocycles. The van der Waals surface area contributed by atoms with Crippen molar-refractivity contribution in [2.45, 2.75) is 11.3 Å². The zero-order valence-corrected chi connectivity index (χ0v) is 12.7. The molecule has 110 valence electrons. The molecule has 0 radical (unpaired) electrons. The Morgan fingerprint density at radius 2 is 2.05 bits per heavy atom. The van der Waals surface area contributed by atoms with Crippen molar-refractivity contribution >= 4 is 29.3 Å². The SMILES string of the molecule is O=C(O)c1cc(SCCCOc2ccc(Cl)cc2)ccn1. The molecule has 2 rings (SSSR count). The van der Waals surface area contributed by atoms with Crippen LogP contribution in [0.15, 0.2) is 47.5 Å². The number of aromatic nitrogens is 1. The highest BCUT2D eigenvalue weighted by Crippen LogP contribution is 2.20. The van der Waals surface area contributed by atoms with Crippen LogP contribution in [0, 0.1) is 0 Å². The monoisotopic (exact) mass is 323 g/mol. The Bertz CT molecular complexity index is 604. The van der Waals surface area contributed by atoms with E-state index in [0.29, 0.717) is 11.6 Å². The Kier molecular flexibility index (Phi) is 5.90. The van der Waals surface area contributed by atoms with Crippen LogP contribution in [0.4, 0.5) is 0 Å². The van der Waals surface area contributed by atoms with Crippen molar-refractivity contribution in [3.63, 3.8) is 0 Å². The van der Waals surface area contributed by atoms with Gasteiger partial charge in [0.25, 0.3) is 0 Å². The third-order valence-corrected chi connectivity index (χ3v) is 3.92. The van der Waals surface area contributed by atoms with Crippen molar-refractivity contribution in [3.8, 4) is 5.75 Å². The number of carbonyl (C=O) groups is 1. The van der Waals surface area contributed by atoms with Crippen LogP contribution in [0.3, 0.4) is 0 Å². The van der Waals surface area contributed by atoms with Crippen molar-refractivity contribution < 1.29 is 14.6 Å². The largest absolute Gasteiger partial charge is 0.494 e. The lowest BCUT2D eigenvalue weighted by molar-refractivity contribution is 0.0690. The predicted octanol–water partition coefficient (Wildman–Crippen LogP) is 3.99. The smallest absolute Gasteiger partial charge is 0.354 e. The van der Waals surface area contributed by atoms with E-state index >= 15 is 0 Å². The van der Waals surface area contributed by atoms with Crippen LogP contribution in [0.1, 0.15) is 16.9 Å². The van der Waals surface area contributed by atoms with Crippen LogP contribution in [0.25, 0.3) is 0 Å². The number of halogens is 1. The van der Waals surface area contributed by atoms with Gasteiger partial charge in [-0.25, -0.2) is 9.78 Å². The van der Waals surface area contributed by atoms with Gasteiger partial charge in [-0.15, -0.1) is 11.8 Å². The molecule has 0 aliphatic rings. The number of ether oxygens (including phenoxy) is 1. The molecular weight excluding hydrogens is 310 g/mol. The Labute approximate surface area is 132 Å². The second kappa shape index (κ2) is 7.90. The first kappa shape index (κ1) is 15.7. The first-order valence-corrected chi connectivity index (χ1v) is 7.72. The highest BCUT2D eigenvalue weighted by molar-refractivity contribution is 7.99. The fourth-order valence-electron chi connectivity index (χ4n) is 1.59. The summed E-state index contributed by atoms with van der Waals surface area (Å²) in [4.78, 5) is 15.5. The quantitative estimate of drug-likeness (QED) is 0.616. The predicted molar refractivity (Wildman–Crippen MR) is 83.5 cm³/mol. The molecule has 1 heterocycles. The lowest BCUT2D eigenvalue weighted by Crippen LogP contribution is -2.00. The fourth-order valence-corrected chi connectivity index (χ4v) is 2.56. The summed E-state index contributed by atoms with van der Waals surface area (Å²) >= 11 is 7.38. The van der Waals surface area contributed by atoms with E-state index in [4.69, 9.17) is 21.4 Å². The summed E-state index contributed by atoms with van der Waals surface area (Å²) in [6.07, 6.45) is 2.37. The summed E-state index contributed by atoms with van der Waals surface area (Å²) in [7, 11) is 0. The first-order chi connectivity index (χ1) is 10.1. The molecule has 6 heteroatoms. The molecule has 0 saturated heterocycles. The number of nitrogens with zero attached hydrogens (tertiary/aromatic N) is 1. The average molecular weight is 324 g/mol. The zero-order valence-electron chi connectivity index (χ0n) is 11.2. The van der Waals surface area contributed by atoms with Crippen LogP contribution < -0.4 is 4.74 Å². The Morgan fingerprint density at radius 1 is 1.29 bits per heavy atom. The van der Waals surface area contributed by atoms with Crippen molar-refractivity contribution in [2.75, 3.05) is 12.4 Å². The van der Waals surface area contributed by atoms with E-state index < -0.39 is 5.97 Å². The summed E-state index contributed by atoms with van der Waals surface area (Å²) in [6.45, 7) is 0.603. The fraction of sp³-hybridized carbons (Fsp3) is 0.200. The number of carboxylic acid groups (broad SMARTS) is 1. The molecule has 0 atom stereocenters. The van der Waals surface area contributed by atoms with Gasteiger partial charge in [-0.1, -0.05) is 11.6 Å². The molecule has 0 amide bonds. The minimum absolute atomic E-state index is 0.0671. The molecule has 1 N–H and O–H groups in total. The molecule has 0 unspecified atom stereocenters. The van der Waals surface area contributed by atoms with E-state index in [-0.39, 0.29) is 5.69 Å². The van der Waals surface area contributed by atoms with Crippen molar-refractivity contribution in [2.24, 2.45) is 0 Å². The standard InChI is InChI=1S/C15H14ClNO3S/c16-11-2-4-12(5-3-11)20-8-1-9-21-13-6-7-17-14(10-13)15(18)19/h2-7,10H,1,8-9H2,(H,18,19). The number of thioether (sulfide) groups is 1. The van der Waals surface area contributed by atoms with Gasteiger partial charge in [-0.3, -0.25) is 0 Å². The summed E-state index contributed by atoms with van der Waals surface area (Å²) in [5.41, 5.74) is 0.0671. The van der Waals surface area contributed by atoms with Gasteiger partial charge in [-0.05, 0) is 42.8 Å². The number of aromatic carboxylic acids is 1. The van der Waals surface area contributed by atoms with E-state index in [9.17, 15) is 4.79 Å². The Morgan fingerprint density at radius 3 is 2.76 bits per heavy atom. The summed E-state index contributed by atoms with van der Waals surface area (Å²) < 4.78 is 5.58.